The Morgan fingerprint density at radius 2 is 1.34 bits per heavy atom. The van der Waals surface area contributed by atoms with Crippen LogP contribution in [0.2, 0.25) is 0 Å². The summed E-state index contributed by atoms with van der Waals surface area (Å²) in [6.07, 6.45) is 0. The van der Waals surface area contributed by atoms with E-state index in [0.29, 0.717) is 0 Å². The van der Waals surface area contributed by atoms with Crippen molar-refractivity contribution in [1.29, 1.82) is 0 Å². The lowest BCUT2D eigenvalue weighted by molar-refractivity contribution is 0.00578. The van der Waals surface area contributed by atoms with Crippen molar-refractivity contribution in [2.45, 2.75) is 38.9 Å². The van der Waals surface area contributed by atoms with E-state index in [9.17, 15) is 0 Å². The molecular weight excluding hydrogens is 395 g/mol. The zero-order valence-electron chi connectivity index (χ0n) is 18.8. The van der Waals surface area contributed by atoms with Crippen molar-refractivity contribution in [3.63, 3.8) is 0 Å². The molecule has 0 atom stereocenters. The topological polar surface area (TPSA) is 31.6 Å². The fourth-order valence-corrected chi connectivity index (χ4v) is 4.61. The highest BCUT2D eigenvalue weighted by molar-refractivity contribution is 6.66. The normalized spacial score (nSPS) is 17.6. The van der Waals surface area contributed by atoms with Crippen LogP contribution in [-0.2, 0) is 9.31 Å². The molecule has 0 aliphatic carbocycles. The molecule has 4 heteroatoms. The maximum absolute atomic E-state index is 6.52. The van der Waals surface area contributed by atoms with Gasteiger partial charge in [-0.05, 0) is 61.8 Å². The molecule has 0 spiro atoms. The molecule has 158 valence electrons. The summed E-state index contributed by atoms with van der Waals surface area (Å²) < 4.78 is 19.4. The van der Waals surface area contributed by atoms with Gasteiger partial charge in [0.15, 0.2) is 0 Å². The van der Waals surface area contributed by atoms with Gasteiger partial charge < -0.3 is 13.7 Å². The van der Waals surface area contributed by atoms with Gasteiger partial charge in [-0.1, -0.05) is 66.7 Å². The molecule has 0 unspecified atom stereocenters. The number of rotatable bonds is 2. The van der Waals surface area contributed by atoms with E-state index in [1.165, 1.54) is 5.56 Å². The van der Waals surface area contributed by atoms with E-state index in [-0.39, 0.29) is 0 Å². The van der Waals surface area contributed by atoms with E-state index in [2.05, 4.69) is 100 Å². The molecule has 0 amide bonds. The lowest BCUT2D eigenvalue weighted by Gasteiger charge is -2.32. The molecular formula is C28H25BO3. The van der Waals surface area contributed by atoms with Crippen LogP contribution < -0.4 is 5.46 Å². The lowest BCUT2D eigenvalue weighted by Crippen LogP contribution is -2.41. The highest BCUT2D eigenvalue weighted by Gasteiger charge is 2.52. The Kier molecular flexibility index (Phi) is 4.11. The lowest BCUT2D eigenvalue weighted by atomic mass is 9.75. The Morgan fingerprint density at radius 1 is 0.656 bits per heavy atom. The fraction of sp³-hybridized carbons (Fsp3) is 0.214. The number of fused-ring (bicyclic) bond motifs is 5. The summed E-state index contributed by atoms with van der Waals surface area (Å²) >= 11 is 0. The Morgan fingerprint density at radius 3 is 2.09 bits per heavy atom. The summed E-state index contributed by atoms with van der Waals surface area (Å²) in [4.78, 5) is 0. The Bertz CT molecular complexity index is 1460. The van der Waals surface area contributed by atoms with Crippen molar-refractivity contribution in [2.24, 2.45) is 0 Å². The summed E-state index contributed by atoms with van der Waals surface area (Å²) in [6.45, 7) is 8.35. The van der Waals surface area contributed by atoms with Gasteiger partial charge in [0.05, 0.1) is 11.2 Å². The van der Waals surface area contributed by atoms with Crippen LogP contribution in [0.5, 0.6) is 0 Å². The van der Waals surface area contributed by atoms with Crippen LogP contribution >= 0.6 is 0 Å². The van der Waals surface area contributed by atoms with Crippen LogP contribution in [0.25, 0.3) is 43.8 Å². The van der Waals surface area contributed by atoms with Gasteiger partial charge in [0.25, 0.3) is 0 Å². The molecule has 0 bridgehead atoms. The molecule has 0 radical (unpaired) electrons. The maximum Gasteiger partial charge on any atom is 0.495 e. The molecule has 1 saturated heterocycles. The molecule has 1 aliphatic rings. The van der Waals surface area contributed by atoms with E-state index >= 15 is 0 Å². The summed E-state index contributed by atoms with van der Waals surface area (Å²) in [6, 6.07) is 27.4. The third-order valence-electron chi connectivity index (χ3n) is 7.11. The molecule has 0 N–H and O–H groups in total. The molecule has 4 aromatic carbocycles. The summed E-state index contributed by atoms with van der Waals surface area (Å²) in [7, 11) is -0.457. The van der Waals surface area contributed by atoms with Crippen LogP contribution in [0.3, 0.4) is 0 Å². The minimum absolute atomic E-state index is 0.407. The van der Waals surface area contributed by atoms with Gasteiger partial charge in [-0.3, -0.25) is 0 Å². The van der Waals surface area contributed by atoms with Crippen molar-refractivity contribution in [3.05, 3.63) is 78.9 Å². The van der Waals surface area contributed by atoms with Gasteiger partial charge in [0.1, 0.15) is 11.2 Å². The summed E-state index contributed by atoms with van der Waals surface area (Å²) in [5.41, 5.74) is 4.27. The predicted octanol–water partition coefficient (Wildman–Crippen LogP) is 6.71. The molecule has 3 nitrogen and oxygen atoms in total. The summed E-state index contributed by atoms with van der Waals surface area (Å²) in [5.74, 6) is 0. The van der Waals surface area contributed by atoms with Gasteiger partial charge >= 0.3 is 7.12 Å². The van der Waals surface area contributed by atoms with Crippen molar-refractivity contribution in [2.75, 3.05) is 0 Å². The minimum atomic E-state index is -0.457. The maximum atomic E-state index is 6.52. The summed E-state index contributed by atoms with van der Waals surface area (Å²) in [5, 5.41) is 4.36. The van der Waals surface area contributed by atoms with Gasteiger partial charge in [-0.25, -0.2) is 0 Å². The van der Waals surface area contributed by atoms with E-state index < -0.39 is 18.3 Å². The standard InChI is InChI=1S/C28H25BO3/c1-27(2)28(3,4)32-29(31-27)23-16-20-12-8-9-13-21(20)26-25(23)22-15-14-19(17-24(22)30-26)18-10-6-5-7-11-18/h5-17H,1-4H3. The van der Waals surface area contributed by atoms with Gasteiger partial charge in [0.2, 0.25) is 0 Å². The smallest absolute Gasteiger partial charge is 0.455 e. The molecule has 32 heavy (non-hydrogen) atoms. The Balaban J connectivity index is 1.63. The number of furan rings is 1. The quantitative estimate of drug-likeness (QED) is 0.298. The molecule has 6 rings (SSSR count). The van der Waals surface area contributed by atoms with E-state index in [4.69, 9.17) is 13.7 Å². The molecule has 5 aromatic rings. The minimum Gasteiger partial charge on any atom is -0.455 e. The first-order chi connectivity index (χ1) is 15.3. The molecule has 2 heterocycles. The first kappa shape index (κ1) is 19.6. The fourth-order valence-electron chi connectivity index (χ4n) is 4.61. The van der Waals surface area contributed by atoms with E-state index in [1.807, 2.05) is 6.07 Å². The Hall–Kier alpha value is -3.08. The van der Waals surface area contributed by atoms with Crippen LogP contribution in [0.4, 0.5) is 0 Å². The molecule has 1 aromatic heterocycles. The first-order valence-corrected chi connectivity index (χ1v) is 11.1. The molecule has 1 aliphatic heterocycles. The average molecular weight is 420 g/mol. The highest BCUT2D eigenvalue weighted by atomic mass is 16.7. The van der Waals surface area contributed by atoms with Crippen molar-refractivity contribution < 1.29 is 13.7 Å². The number of hydrogen-bond donors (Lipinski definition) is 0. The Labute approximate surface area is 188 Å². The molecule has 0 saturated carbocycles. The van der Waals surface area contributed by atoms with Gasteiger partial charge in [0, 0.05) is 16.2 Å². The van der Waals surface area contributed by atoms with Crippen LogP contribution in [0.15, 0.2) is 83.3 Å². The zero-order valence-corrected chi connectivity index (χ0v) is 18.8. The van der Waals surface area contributed by atoms with E-state index in [0.717, 1.165) is 43.7 Å². The van der Waals surface area contributed by atoms with Crippen molar-refractivity contribution in [1.82, 2.24) is 0 Å². The second-order valence-corrected chi connectivity index (χ2v) is 9.66. The monoisotopic (exact) mass is 420 g/mol. The van der Waals surface area contributed by atoms with E-state index in [1.54, 1.807) is 0 Å². The van der Waals surface area contributed by atoms with Gasteiger partial charge in [-0.2, -0.15) is 0 Å². The average Bonchev–Trinajstić information content (AvgIpc) is 3.27. The van der Waals surface area contributed by atoms with Gasteiger partial charge in [-0.15, -0.1) is 0 Å². The zero-order chi connectivity index (χ0) is 22.1. The molecule has 1 fully saturated rings. The van der Waals surface area contributed by atoms with Crippen molar-refractivity contribution in [3.8, 4) is 11.1 Å². The van der Waals surface area contributed by atoms with Crippen LogP contribution in [0.1, 0.15) is 27.7 Å². The van der Waals surface area contributed by atoms with Crippen LogP contribution in [0, 0.1) is 0 Å². The largest absolute Gasteiger partial charge is 0.495 e. The van der Waals surface area contributed by atoms with Crippen molar-refractivity contribution >= 4 is 45.3 Å². The first-order valence-electron chi connectivity index (χ1n) is 11.1. The highest BCUT2D eigenvalue weighted by Crippen LogP contribution is 2.40. The SMILES string of the molecule is CC1(C)OB(c2cc3ccccc3c3oc4cc(-c5ccccc5)ccc4c23)OC1(C)C. The third-order valence-corrected chi connectivity index (χ3v) is 7.11. The second kappa shape index (κ2) is 6.71. The number of hydrogen-bond acceptors (Lipinski definition) is 3. The number of benzene rings is 4. The van der Waals surface area contributed by atoms with Crippen LogP contribution in [-0.4, -0.2) is 18.3 Å². The third kappa shape index (κ3) is 2.83. The predicted molar refractivity (Wildman–Crippen MR) is 132 cm³/mol. The second-order valence-electron chi connectivity index (χ2n) is 9.66.